The van der Waals surface area contributed by atoms with Crippen LogP contribution >= 0.6 is 0 Å². The van der Waals surface area contributed by atoms with Crippen LogP contribution in [-0.2, 0) is 0 Å². The molecule has 0 spiro atoms. The minimum absolute atomic E-state index is 0.418. The lowest BCUT2D eigenvalue weighted by molar-refractivity contribution is 0.669. The van der Waals surface area contributed by atoms with Gasteiger partial charge in [-0.2, -0.15) is 5.26 Å². The Balaban J connectivity index is 1.22. The van der Waals surface area contributed by atoms with E-state index in [1.54, 1.807) is 0 Å². The highest BCUT2D eigenvalue weighted by molar-refractivity contribution is 6.27. The molecule has 0 saturated carbocycles. The second kappa shape index (κ2) is 12.8. The fraction of sp³-hybridized carbons (Fsp3) is 0. The lowest BCUT2D eigenvalue weighted by atomic mass is 10.0. The van der Waals surface area contributed by atoms with Crippen LogP contribution in [0.4, 0.5) is 0 Å². The molecule has 0 unspecified atom stereocenters. The van der Waals surface area contributed by atoms with Gasteiger partial charge in [0.1, 0.15) is 17.2 Å². The molecule has 4 aromatic heterocycles. The molecule has 0 fully saturated rings. The van der Waals surface area contributed by atoms with Crippen molar-refractivity contribution in [3.05, 3.63) is 188 Å². The van der Waals surface area contributed by atoms with Gasteiger partial charge in [-0.1, -0.05) is 140 Å². The summed E-state index contributed by atoms with van der Waals surface area (Å²) < 4.78 is 11.5. The van der Waals surface area contributed by atoms with Gasteiger partial charge in [0.25, 0.3) is 0 Å². The summed E-state index contributed by atoms with van der Waals surface area (Å²) in [7, 11) is 0. The van der Waals surface area contributed by atoms with Gasteiger partial charge in [0, 0.05) is 43.7 Å². The molecule has 0 radical (unpaired) electrons. The van der Waals surface area contributed by atoms with Gasteiger partial charge in [0.2, 0.25) is 0 Å². The first-order valence-corrected chi connectivity index (χ1v) is 19.5. The highest BCUT2D eigenvalue weighted by Crippen LogP contribution is 2.46. The van der Waals surface area contributed by atoms with Crippen LogP contribution in [0.3, 0.4) is 0 Å². The van der Waals surface area contributed by atoms with E-state index in [4.69, 9.17) is 19.4 Å². The molecule has 12 aromatic rings. The number of hydrogen-bond donors (Lipinski definition) is 0. The van der Waals surface area contributed by atoms with Crippen LogP contribution in [0.2, 0.25) is 0 Å². The summed E-state index contributed by atoms with van der Waals surface area (Å²) in [6.45, 7) is 0. The van der Waals surface area contributed by atoms with Crippen LogP contribution < -0.4 is 0 Å². The topological polar surface area (TPSA) is 85.5 Å². The number of hydrogen-bond acceptors (Lipinski definition) is 5. The largest absolute Gasteiger partial charge is 0.455 e. The first-order valence-electron chi connectivity index (χ1n) is 19.5. The number of para-hydroxylation sites is 4. The highest BCUT2D eigenvalue weighted by Gasteiger charge is 2.27. The normalized spacial score (nSPS) is 11.7. The molecule has 7 heteroatoms. The van der Waals surface area contributed by atoms with Crippen molar-refractivity contribution in [2.24, 2.45) is 0 Å². The van der Waals surface area contributed by atoms with Gasteiger partial charge in [0.15, 0.2) is 17.5 Å². The molecule has 0 aliphatic heterocycles. The minimum atomic E-state index is 0.418. The van der Waals surface area contributed by atoms with Crippen molar-refractivity contribution in [3.8, 4) is 51.6 Å². The van der Waals surface area contributed by atoms with E-state index in [1.165, 1.54) is 5.39 Å². The Morgan fingerprint density at radius 3 is 1.69 bits per heavy atom. The Hall–Kier alpha value is -8.34. The van der Waals surface area contributed by atoms with E-state index in [9.17, 15) is 5.26 Å². The molecule has 274 valence electrons. The molecule has 0 saturated heterocycles. The Morgan fingerprint density at radius 1 is 0.458 bits per heavy atom. The lowest BCUT2D eigenvalue weighted by Crippen LogP contribution is -2.03. The third kappa shape index (κ3) is 4.90. The van der Waals surface area contributed by atoms with Gasteiger partial charge >= 0.3 is 0 Å². The first-order chi connectivity index (χ1) is 29.2. The number of furan rings is 1. The van der Waals surface area contributed by atoms with E-state index in [0.717, 1.165) is 71.5 Å². The molecule has 0 amide bonds. The van der Waals surface area contributed by atoms with Crippen LogP contribution in [0.5, 0.6) is 0 Å². The maximum absolute atomic E-state index is 11.3. The second-order valence-electron chi connectivity index (χ2n) is 14.7. The second-order valence-corrected chi connectivity index (χ2v) is 14.7. The van der Waals surface area contributed by atoms with Crippen molar-refractivity contribution in [3.63, 3.8) is 0 Å². The highest BCUT2D eigenvalue weighted by atomic mass is 16.3. The SMILES string of the molecule is N#Cc1cc(-c2nc(-c3ccccc3)nc(-c3ccccc3)n2)c2oc3ccccc3c2c1-n1c2ccccc2c2c1ccc1c3ccccc3n(-c3ccccc3)c12. The predicted octanol–water partition coefficient (Wildman–Crippen LogP) is 12.8. The van der Waals surface area contributed by atoms with Gasteiger partial charge in [-0.25, -0.2) is 15.0 Å². The van der Waals surface area contributed by atoms with Crippen LogP contribution in [0.25, 0.3) is 111 Å². The number of benzene rings is 8. The van der Waals surface area contributed by atoms with E-state index in [0.29, 0.717) is 39.8 Å². The van der Waals surface area contributed by atoms with Crippen LogP contribution in [0.15, 0.2) is 186 Å². The summed E-state index contributed by atoms with van der Waals surface area (Å²) in [5.74, 6) is 1.48. The number of fused-ring (bicyclic) bond motifs is 10. The average Bonchev–Trinajstić information content (AvgIpc) is 3.97. The van der Waals surface area contributed by atoms with Crippen molar-refractivity contribution < 1.29 is 4.42 Å². The summed E-state index contributed by atoms with van der Waals surface area (Å²) in [5.41, 5.74) is 10.1. The first kappa shape index (κ1) is 32.9. The molecular formula is C52H30N6O. The zero-order chi connectivity index (χ0) is 39.0. The zero-order valence-corrected chi connectivity index (χ0v) is 31.4. The Labute approximate surface area is 337 Å². The molecule has 0 N–H and O–H groups in total. The molecule has 0 aliphatic rings. The number of rotatable bonds is 5. The maximum atomic E-state index is 11.3. The smallest absolute Gasteiger partial charge is 0.167 e. The van der Waals surface area contributed by atoms with Gasteiger partial charge in [-0.05, 0) is 42.5 Å². The van der Waals surface area contributed by atoms with Gasteiger partial charge in [0.05, 0.1) is 44.3 Å². The summed E-state index contributed by atoms with van der Waals surface area (Å²) in [4.78, 5) is 15.1. The number of aromatic nitrogens is 5. The minimum Gasteiger partial charge on any atom is -0.455 e. The fourth-order valence-corrected chi connectivity index (χ4v) is 8.89. The third-order valence-electron chi connectivity index (χ3n) is 11.4. The van der Waals surface area contributed by atoms with Gasteiger partial charge in [-0.3, -0.25) is 0 Å². The van der Waals surface area contributed by atoms with Crippen LogP contribution in [0, 0.1) is 11.3 Å². The molecule has 0 atom stereocenters. The van der Waals surface area contributed by atoms with Crippen molar-refractivity contribution >= 4 is 65.6 Å². The fourth-order valence-electron chi connectivity index (χ4n) is 8.89. The van der Waals surface area contributed by atoms with E-state index >= 15 is 0 Å². The predicted molar refractivity (Wildman–Crippen MR) is 237 cm³/mol. The monoisotopic (exact) mass is 754 g/mol. The van der Waals surface area contributed by atoms with Crippen LogP contribution in [-0.4, -0.2) is 24.1 Å². The van der Waals surface area contributed by atoms with E-state index in [-0.39, 0.29) is 0 Å². The molecule has 59 heavy (non-hydrogen) atoms. The molecule has 4 heterocycles. The summed E-state index contributed by atoms with van der Waals surface area (Å²) in [6.07, 6.45) is 0. The van der Waals surface area contributed by atoms with E-state index in [2.05, 4.69) is 106 Å². The van der Waals surface area contributed by atoms with E-state index in [1.807, 2.05) is 91.0 Å². The quantitative estimate of drug-likeness (QED) is 0.175. The van der Waals surface area contributed by atoms with Crippen LogP contribution in [0.1, 0.15) is 5.56 Å². The van der Waals surface area contributed by atoms with Crippen molar-refractivity contribution in [2.45, 2.75) is 0 Å². The third-order valence-corrected chi connectivity index (χ3v) is 11.4. The summed E-state index contributed by atoms with van der Waals surface area (Å²) in [5, 5.41) is 17.5. The molecular weight excluding hydrogens is 725 g/mol. The van der Waals surface area contributed by atoms with Gasteiger partial charge < -0.3 is 13.6 Å². The maximum Gasteiger partial charge on any atom is 0.167 e. The molecule has 7 nitrogen and oxygen atoms in total. The molecule has 0 bridgehead atoms. The Bertz CT molecular complexity index is 3610. The Morgan fingerprint density at radius 2 is 1.02 bits per heavy atom. The van der Waals surface area contributed by atoms with Gasteiger partial charge in [-0.15, -0.1) is 0 Å². The average molecular weight is 755 g/mol. The summed E-state index contributed by atoms with van der Waals surface area (Å²) >= 11 is 0. The Kier molecular flexibility index (Phi) is 7.16. The molecule has 8 aromatic carbocycles. The number of nitrogens with zero attached hydrogens (tertiary/aromatic N) is 6. The standard InChI is InChI=1S/C52H30N6O/c53-31-34-30-40(52-55-50(32-16-4-1-5-17-32)54-51(56-52)33-18-6-2-7-19-33)49-46(39-24-12-15-27-44(39)59-49)47(34)58-42-26-14-11-23-38(42)45-43(58)29-28-37-36-22-10-13-25-41(36)57(48(37)45)35-20-8-3-9-21-35/h1-30H. The number of nitriles is 1. The van der Waals surface area contributed by atoms with Crippen molar-refractivity contribution in [1.82, 2.24) is 24.1 Å². The summed E-state index contributed by atoms with van der Waals surface area (Å²) in [6, 6.07) is 64.3. The lowest BCUT2D eigenvalue weighted by Gasteiger charge is -2.15. The zero-order valence-electron chi connectivity index (χ0n) is 31.4. The van der Waals surface area contributed by atoms with E-state index < -0.39 is 0 Å². The molecule has 0 aliphatic carbocycles. The molecule has 12 rings (SSSR count). The van der Waals surface area contributed by atoms with Crippen molar-refractivity contribution in [2.75, 3.05) is 0 Å². The van der Waals surface area contributed by atoms with Crippen molar-refractivity contribution in [1.29, 1.82) is 5.26 Å².